The zero-order valence-electron chi connectivity index (χ0n) is 16.5. The summed E-state index contributed by atoms with van der Waals surface area (Å²) in [5.74, 6) is -0.412. The van der Waals surface area contributed by atoms with Crippen molar-refractivity contribution in [3.05, 3.63) is 90.5 Å². The standard InChI is InChI=1S/C22H18Cl3N5OS/c23-22(24,25)20(27-19(31)15-7-3-1-4-8-15)28-21(32)26-16-11-13-18(14-12-16)30-29-17-9-5-2-6-10-17/h1-14,20H,(H,27,31)(H2,26,28,32). The van der Waals surface area contributed by atoms with Crippen molar-refractivity contribution in [2.24, 2.45) is 10.2 Å². The third-order valence-electron chi connectivity index (χ3n) is 4.08. The van der Waals surface area contributed by atoms with Gasteiger partial charge >= 0.3 is 0 Å². The van der Waals surface area contributed by atoms with Gasteiger partial charge < -0.3 is 16.0 Å². The monoisotopic (exact) mass is 505 g/mol. The molecule has 0 fully saturated rings. The molecule has 3 aromatic rings. The Morgan fingerprint density at radius 1 is 0.781 bits per heavy atom. The lowest BCUT2D eigenvalue weighted by molar-refractivity contribution is 0.0934. The van der Waals surface area contributed by atoms with Crippen LogP contribution >= 0.6 is 47.0 Å². The van der Waals surface area contributed by atoms with Crippen LogP contribution in [-0.4, -0.2) is 21.0 Å². The van der Waals surface area contributed by atoms with Crippen molar-refractivity contribution < 1.29 is 4.79 Å². The minimum atomic E-state index is -1.85. The number of halogens is 3. The smallest absolute Gasteiger partial charge is 0.252 e. The molecule has 3 rings (SSSR count). The van der Waals surface area contributed by atoms with Gasteiger partial charge in [0.05, 0.1) is 11.4 Å². The van der Waals surface area contributed by atoms with E-state index in [0.717, 1.165) is 5.69 Å². The van der Waals surface area contributed by atoms with Gasteiger partial charge in [0.15, 0.2) is 5.11 Å². The molecule has 3 N–H and O–H groups in total. The van der Waals surface area contributed by atoms with Crippen LogP contribution in [0, 0.1) is 0 Å². The number of rotatable bonds is 6. The fraction of sp³-hybridized carbons (Fsp3) is 0.0909. The van der Waals surface area contributed by atoms with E-state index < -0.39 is 15.9 Å². The quantitative estimate of drug-likeness (QED) is 0.154. The molecule has 164 valence electrons. The molecule has 0 bridgehead atoms. The summed E-state index contributed by atoms with van der Waals surface area (Å²) in [6, 6.07) is 25.1. The fourth-order valence-electron chi connectivity index (χ4n) is 2.52. The average molecular weight is 507 g/mol. The van der Waals surface area contributed by atoms with Crippen LogP contribution in [-0.2, 0) is 0 Å². The second kappa shape index (κ2) is 11.2. The van der Waals surface area contributed by atoms with Crippen LogP contribution in [0.15, 0.2) is 95.2 Å². The summed E-state index contributed by atoms with van der Waals surface area (Å²) < 4.78 is -1.85. The highest BCUT2D eigenvalue weighted by molar-refractivity contribution is 7.80. The molecule has 0 spiro atoms. The number of benzene rings is 3. The summed E-state index contributed by atoms with van der Waals surface area (Å²) in [4.78, 5) is 12.4. The number of amides is 1. The van der Waals surface area contributed by atoms with Gasteiger partial charge in [-0.1, -0.05) is 71.2 Å². The minimum absolute atomic E-state index is 0.161. The van der Waals surface area contributed by atoms with Gasteiger partial charge in [0.2, 0.25) is 3.79 Å². The molecule has 0 aliphatic carbocycles. The van der Waals surface area contributed by atoms with Crippen LogP contribution in [0.25, 0.3) is 0 Å². The summed E-state index contributed by atoms with van der Waals surface area (Å²) >= 11 is 23.4. The molecule has 0 heterocycles. The third kappa shape index (κ3) is 7.46. The Morgan fingerprint density at radius 2 is 1.31 bits per heavy atom. The molecule has 3 aromatic carbocycles. The average Bonchev–Trinajstić information content (AvgIpc) is 2.79. The van der Waals surface area contributed by atoms with Crippen molar-refractivity contribution in [2.75, 3.05) is 5.32 Å². The van der Waals surface area contributed by atoms with Crippen LogP contribution < -0.4 is 16.0 Å². The van der Waals surface area contributed by atoms with E-state index in [2.05, 4.69) is 26.2 Å². The number of hydrogen-bond acceptors (Lipinski definition) is 4. The Balaban J connectivity index is 1.59. The van der Waals surface area contributed by atoms with Crippen molar-refractivity contribution in [1.29, 1.82) is 0 Å². The second-order valence-corrected chi connectivity index (χ2v) is 9.27. The van der Waals surface area contributed by atoms with Crippen molar-refractivity contribution in [1.82, 2.24) is 10.6 Å². The predicted octanol–water partition coefficient (Wildman–Crippen LogP) is 6.51. The Bertz CT molecular complexity index is 1070. The van der Waals surface area contributed by atoms with Crippen LogP contribution in [0.1, 0.15) is 10.4 Å². The molecule has 1 unspecified atom stereocenters. The van der Waals surface area contributed by atoms with Gasteiger partial charge in [0.1, 0.15) is 6.17 Å². The van der Waals surface area contributed by atoms with Crippen LogP contribution in [0.2, 0.25) is 0 Å². The summed E-state index contributed by atoms with van der Waals surface area (Å²) in [6.45, 7) is 0. The number of nitrogens with one attached hydrogen (secondary N) is 3. The lowest BCUT2D eigenvalue weighted by atomic mass is 10.2. The van der Waals surface area contributed by atoms with Crippen molar-refractivity contribution in [3.63, 3.8) is 0 Å². The van der Waals surface area contributed by atoms with E-state index in [1.54, 1.807) is 54.6 Å². The summed E-state index contributed by atoms with van der Waals surface area (Å²) in [7, 11) is 0. The molecule has 0 radical (unpaired) electrons. The van der Waals surface area contributed by atoms with E-state index in [9.17, 15) is 4.79 Å². The lowest BCUT2D eigenvalue weighted by Crippen LogP contribution is -2.56. The molecule has 0 saturated heterocycles. The van der Waals surface area contributed by atoms with E-state index in [4.69, 9.17) is 47.0 Å². The molecule has 0 aliphatic heterocycles. The maximum absolute atomic E-state index is 12.4. The van der Waals surface area contributed by atoms with E-state index in [0.29, 0.717) is 16.9 Å². The van der Waals surface area contributed by atoms with Gasteiger partial charge in [-0.3, -0.25) is 4.79 Å². The van der Waals surface area contributed by atoms with Gasteiger partial charge in [-0.2, -0.15) is 10.2 Å². The number of hydrogen-bond donors (Lipinski definition) is 3. The van der Waals surface area contributed by atoms with E-state index in [1.807, 2.05) is 30.3 Å². The Labute approximate surface area is 206 Å². The Morgan fingerprint density at radius 3 is 1.88 bits per heavy atom. The van der Waals surface area contributed by atoms with Crippen LogP contribution in [0.3, 0.4) is 0 Å². The number of azo groups is 1. The van der Waals surface area contributed by atoms with Crippen molar-refractivity contribution >= 4 is 75.1 Å². The number of nitrogens with zero attached hydrogens (tertiary/aromatic N) is 2. The summed E-state index contributed by atoms with van der Waals surface area (Å²) in [5, 5.41) is 16.9. The van der Waals surface area contributed by atoms with Crippen molar-refractivity contribution in [3.8, 4) is 0 Å². The Hall–Kier alpha value is -2.71. The van der Waals surface area contributed by atoms with Gasteiger partial charge in [-0.25, -0.2) is 0 Å². The highest BCUT2D eigenvalue weighted by atomic mass is 35.6. The van der Waals surface area contributed by atoms with Crippen molar-refractivity contribution in [2.45, 2.75) is 9.96 Å². The highest BCUT2D eigenvalue weighted by Crippen LogP contribution is 2.29. The summed E-state index contributed by atoms with van der Waals surface area (Å²) in [6.07, 6.45) is -1.07. The van der Waals surface area contributed by atoms with E-state index in [-0.39, 0.29) is 5.11 Å². The molecule has 0 aromatic heterocycles. The van der Waals surface area contributed by atoms with Gasteiger partial charge in [0, 0.05) is 11.3 Å². The van der Waals surface area contributed by atoms with Crippen LogP contribution in [0.5, 0.6) is 0 Å². The molecule has 1 atom stereocenters. The zero-order chi connectivity index (χ0) is 23.0. The Kier molecular flexibility index (Phi) is 8.41. The third-order valence-corrected chi connectivity index (χ3v) is 4.95. The molecule has 1 amide bonds. The topological polar surface area (TPSA) is 77.9 Å². The zero-order valence-corrected chi connectivity index (χ0v) is 19.6. The summed E-state index contributed by atoms with van der Waals surface area (Å²) in [5.41, 5.74) is 2.54. The SMILES string of the molecule is O=C(NC(NC(=S)Nc1ccc(N=Nc2ccccc2)cc1)C(Cl)(Cl)Cl)c1ccccc1. The largest absolute Gasteiger partial charge is 0.339 e. The maximum Gasteiger partial charge on any atom is 0.252 e. The molecule has 0 saturated carbocycles. The molecule has 0 aliphatic rings. The molecular weight excluding hydrogens is 489 g/mol. The number of alkyl halides is 3. The number of anilines is 1. The molecule has 32 heavy (non-hydrogen) atoms. The predicted molar refractivity (Wildman–Crippen MR) is 134 cm³/mol. The molecule has 10 heteroatoms. The number of carbonyl (C=O) groups is 1. The number of thiocarbonyl (C=S) groups is 1. The molecule has 6 nitrogen and oxygen atoms in total. The second-order valence-electron chi connectivity index (χ2n) is 6.49. The van der Waals surface area contributed by atoms with E-state index >= 15 is 0 Å². The molecular formula is C22H18Cl3N5OS. The van der Waals surface area contributed by atoms with Gasteiger partial charge in [-0.05, 0) is 60.7 Å². The normalized spacial score (nSPS) is 12.2. The van der Waals surface area contributed by atoms with Gasteiger partial charge in [0.25, 0.3) is 5.91 Å². The first-order valence-corrected chi connectivity index (χ1v) is 10.9. The fourth-order valence-corrected chi connectivity index (χ4v) is 3.09. The van der Waals surface area contributed by atoms with E-state index in [1.165, 1.54) is 0 Å². The van der Waals surface area contributed by atoms with Gasteiger partial charge in [-0.15, -0.1) is 0 Å². The first kappa shape index (κ1) is 23.9. The maximum atomic E-state index is 12.4. The number of carbonyl (C=O) groups excluding carboxylic acids is 1. The first-order valence-electron chi connectivity index (χ1n) is 9.38. The minimum Gasteiger partial charge on any atom is -0.339 e. The van der Waals surface area contributed by atoms with Crippen LogP contribution in [0.4, 0.5) is 17.1 Å². The first-order chi connectivity index (χ1) is 15.3. The highest BCUT2D eigenvalue weighted by Gasteiger charge is 2.34. The lowest BCUT2D eigenvalue weighted by Gasteiger charge is -2.27.